The van der Waals surface area contributed by atoms with Crippen molar-refractivity contribution >= 4 is 11.4 Å². The van der Waals surface area contributed by atoms with E-state index in [0.29, 0.717) is 35.0 Å². The zero-order chi connectivity index (χ0) is 21.0. The van der Waals surface area contributed by atoms with Crippen LogP contribution in [0.15, 0.2) is 63.1 Å². The average molecular weight is 395 g/mol. The Kier molecular flexibility index (Phi) is 5.82. The second-order valence-corrected chi connectivity index (χ2v) is 6.08. The molecule has 0 fully saturated rings. The first-order valence-electron chi connectivity index (χ1n) is 8.93. The molecule has 0 bridgehead atoms. The summed E-state index contributed by atoms with van der Waals surface area (Å²) in [6, 6.07) is 13.6. The van der Waals surface area contributed by atoms with Crippen LogP contribution in [0.2, 0.25) is 0 Å². The second kappa shape index (κ2) is 8.47. The summed E-state index contributed by atoms with van der Waals surface area (Å²) < 4.78 is 11.6. The van der Waals surface area contributed by atoms with Gasteiger partial charge in [-0.3, -0.25) is 9.78 Å². The third-order valence-corrected chi connectivity index (χ3v) is 4.37. The van der Waals surface area contributed by atoms with Crippen LogP contribution in [-0.2, 0) is 0 Å². The van der Waals surface area contributed by atoms with Crippen LogP contribution < -0.4 is 20.7 Å². The smallest absolute Gasteiger partial charge is 0.335 e. The topological polar surface area (TPSA) is 106 Å². The molecule has 1 aromatic heterocycles. The molecular formula is C21H21N3O5. The van der Waals surface area contributed by atoms with E-state index in [-0.39, 0.29) is 5.56 Å². The van der Waals surface area contributed by atoms with Gasteiger partial charge in [0.15, 0.2) is 0 Å². The van der Waals surface area contributed by atoms with Crippen molar-refractivity contribution in [3.63, 3.8) is 0 Å². The number of rotatable bonds is 6. The maximum atomic E-state index is 12.5. The van der Waals surface area contributed by atoms with Crippen LogP contribution in [-0.4, -0.2) is 34.6 Å². The van der Waals surface area contributed by atoms with Gasteiger partial charge in [0.2, 0.25) is 5.88 Å². The van der Waals surface area contributed by atoms with Crippen LogP contribution in [0.1, 0.15) is 18.9 Å². The molecule has 0 unspecified atom stereocenters. The van der Waals surface area contributed by atoms with Crippen LogP contribution in [0.3, 0.4) is 0 Å². The van der Waals surface area contributed by atoms with Gasteiger partial charge in [0.25, 0.3) is 5.56 Å². The Morgan fingerprint density at radius 1 is 1.10 bits per heavy atom. The SMILES string of the molecule is CCC(=Nc1ccc(OC)cc1OC)c1c(O)n(-c2ccccc2)c(=O)[nH]c1=O. The fourth-order valence-corrected chi connectivity index (χ4v) is 2.94. The number of H-pyrrole nitrogens is 1. The number of hydrogen-bond donors (Lipinski definition) is 2. The molecule has 29 heavy (non-hydrogen) atoms. The highest BCUT2D eigenvalue weighted by Gasteiger charge is 2.20. The van der Waals surface area contributed by atoms with Crippen LogP contribution in [0.5, 0.6) is 17.4 Å². The monoisotopic (exact) mass is 395 g/mol. The number of aromatic nitrogens is 2. The molecule has 0 aliphatic heterocycles. The molecule has 8 nitrogen and oxygen atoms in total. The lowest BCUT2D eigenvalue weighted by Gasteiger charge is -2.13. The molecule has 0 aliphatic rings. The minimum absolute atomic E-state index is 0.0752. The quantitative estimate of drug-likeness (QED) is 0.624. The molecule has 2 aromatic carbocycles. The van der Waals surface area contributed by atoms with E-state index >= 15 is 0 Å². The van der Waals surface area contributed by atoms with Crippen molar-refractivity contribution in [2.24, 2.45) is 4.99 Å². The number of nitrogens with zero attached hydrogens (tertiary/aromatic N) is 2. The number of para-hydroxylation sites is 1. The number of hydrogen-bond acceptors (Lipinski definition) is 6. The van der Waals surface area contributed by atoms with Crippen LogP contribution >= 0.6 is 0 Å². The van der Waals surface area contributed by atoms with Gasteiger partial charge in [-0.2, -0.15) is 0 Å². The molecule has 8 heteroatoms. The normalized spacial score (nSPS) is 11.3. The zero-order valence-electron chi connectivity index (χ0n) is 16.3. The van der Waals surface area contributed by atoms with Gasteiger partial charge < -0.3 is 14.6 Å². The van der Waals surface area contributed by atoms with Crippen LogP contribution in [0.25, 0.3) is 5.69 Å². The molecule has 0 aliphatic carbocycles. The highest BCUT2D eigenvalue weighted by Crippen LogP contribution is 2.32. The Labute approximate surface area is 166 Å². The molecule has 150 valence electrons. The molecule has 0 radical (unpaired) electrons. The number of ether oxygens (including phenoxy) is 2. The number of nitrogens with one attached hydrogen (secondary N) is 1. The third-order valence-electron chi connectivity index (χ3n) is 4.37. The van der Waals surface area contributed by atoms with E-state index in [1.165, 1.54) is 7.11 Å². The molecule has 2 N–H and O–H groups in total. The summed E-state index contributed by atoms with van der Waals surface area (Å²) in [5.74, 6) is 0.567. The maximum absolute atomic E-state index is 12.5. The van der Waals surface area contributed by atoms with Crippen molar-refractivity contribution < 1.29 is 14.6 Å². The van der Waals surface area contributed by atoms with Crippen LogP contribution in [0.4, 0.5) is 5.69 Å². The molecule has 0 saturated heterocycles. The van der Waals surface area contributed by atoms with Gasteiger partial charge >= 0.3 is 5.69 Å². The second-order valence-electron chi connectivity index (χ2n) is 6.08. The lowest BCUT2D eigenvalue weighted by Crippen LogP contribution is -2.33. The highest BCUT2D eigenvalue weighted by atomic mass is 16.5. The molecule has 0 spiro atoms. The molecule has 0 amide bonds. The van der Waals surface area contributed by atoms with Gasteiger partial charge in [-0.25, -0.2) is 14.4 Å². The lowest BCUT2D eigenvalue weighted by molar-refractivity contribution is 0.395. The molecule has 1 heterocycles. The number of aromatic amines is 1. The number of aliphatic imine (C=N–C) groups is 1. The van der Waals surface area contributed by atoms with E-state index in [2.05, 4.69) is 9.98 Å². The fraction of sp³-hybridized carbons (Fsp3) is 0.190. The summed E-state index contributed by atoms with van der Waals surface area (Å²) in [6.07, 6.45) is 0.332. The first-order valence-corrected chi connectivity index (χ1v) is 8.93. The van der Waals surface area contributed by atoms with Crippen molar-refractivity contribution in [2.75, 3.05) is 14.2 Å². The van der Waals surface area contributed by atoms with Crippen LogP contribution in [0, 0.1) is 0 Å². The Balaban J connectivity index is 2.22. The van der Waals surface area contributed by atoms with E-state index in [0.717, 1.165) is 4.57 Å². The minimum atomic E-state index is -0.736. The van der Waals surface area contributed by atoms with Gasteiger partial charge in [0.05, 0.1) is 25.6 Å². The van der Waals surface area contributed by atoms with E-state index in [1.807, 2.05) is 0 Å². The van der Waals surface area contributed by atoms with Crippen molar-refractivity contribution in [1.82, 2.24) is 9.55 Å². The first-order chi connectivity index (χ1) is 14.0. The minimum Gasteiger partial charge on any atom is -0.497 e. The summed E-state index contributed by atoms with van der Waals surface area (Å²) in [6.45, 7) is 1.80. The number of benzene rings is 2. The summed E-state index contributed by atoms with van der Waals surface area (Å²) in [5.41, 5.74) is -0.343. The van der Waals surface area contributed by atoms with Gasteiger partial charge in [-0.05, 0) is 30.7 Å². The van der Waals surface area contributed by atoms with E-state index in [4.69, 9.17) is 9.47 Å². The molecule has 3 rings (SSSR count). The number of aromatic hydroxyl groups is 1. The standard InChI is InChI=1S/C21H21N3O5/c1-4-15(22-16-11-10-14(28-2)12-17(16)29-3)18-19(25)23-21(27)24(20(18)26)13-8-6-5-7-9-13/h5-12,26H,4H2,1-3H3,(H,23,25,27). The van der Waals surface area contributed by atoms with Gasteiger partial charge in [-0.1, -0.05) is 25.1 Å². The summed E-state index contributed by atoms with van der Waals surface area (Å²) in [7, 11) is 3.04. The highest BCUT2D eigenvalue weighted by molar-refractivity contribution is 6.03. The van der Waals surface area contributed by atoms with Gasteiger partial charge in [0, 0.05) is 6.07 Å². The van der Waals surface area contributed by atoms with Crippen molar-refractivity contribution in [2.45, 2.75) is 13.3 Å². The summed E-state index contributed by atoms with van der Waals surface area (Å²) in [5, 5.41) is 10.8. The zero-order valence-corrected chi connectivity index (χ0v) is 16.3. The van der Waals surface area contributed by atoms with Crippen molar-refractivity contribution in [3.05, 3.63) is 74.9 Å². The van der Waals surface area contributed by atoms with Crippen molar-refractivity contribution in [3.8, 4) is 23.1 Å². The van der Waals surface area contributed by atoms with E-state index < -0.39 is 17.1 Å². The first kappa shape index (κ1) is 19.9. The molecular weight excluding hydrogens is 374 g/mol. The lowest BCUT2D eigenvalue weighted by atomic mass is 10.1. The summed E-state index contributed by atoms with van der Waals surface area (Å²) in [4.78, 5) is 31.6. The van der Waals surface area contributed by atoms with E-state index in [9.17, 15) is 14.7 Å². The maximum Gasteiger partial charge on any atom is 0.335 e. The third kappa shape index (κ3) is 3.91. The predicted molar refractivity (Wildman–Crippen MR) is 110 cm³/mol. The Morgan fingerprint density at radius 2 is 1.83 bits per heavy atom. The van der Waals surface area contributed by atoms with Gasteiger partial charge in [0.1, 0.15) is 22.7 Å². The van der Waals surface area contributed by atoms with Gasteiger partial charge in [-0.15, -0.1) is 0 Å². The fourth-order valence-electron chi connectivity index (χ4n) is 2.94. The van der Waals surface area contributed by atoms with Crippen molar-refractivity contribution in [1.29, 1.82) is 0 Å². The largest absolute Gasteiger partial charge is 0.497 e. The van der Waals surface area contributed by atoms with E-state index in [1.54, 1.807) is 62.6 Å². The Hall–Kier alpha value is -3.81. The Bertz CT molecular complexity index is 1160. The average Bonchev–Trinajstić information content (AvgIpc) is 2.73. The molecule has 0 atom stereocenters. The summed E-state index contributed by atoms with van der Waals surface area (Å²) >= 11 is 0. The molecule has 3 aromatic rings. The number of methoxy groups -OCH3 is 2. The Morgan fingerprint density at radius 3 is 2.45 bits per heavy atom. The molecule has 0 saturated carbocycles. The predicted octanol–water partition coefficient (Wildman–Crippen LogP) is 2.78.